The summed E-state index contributed by atoms with van der Waals surface area (Å²) < 4.78 is 12.7. The van der Waals surface area contributed by atoms with Crippen molar-refractivity contribution in [1.82, 2.24) is 14.8 Å². The number of thioether (sulfide) groups is 1. The van der Waals surface area contributed by atoms with Crippen LogP contribution in [0.5, 0.6) is 11.5 Å². The highest BCUT2D eigenvalue weighted by atomic mass is 32.2. The molecule has 2 aliphatic rings. The number of methoxy groups -OCH3 is 2. The molecule has 2 heterocycles. The molecule has 0 spiro atoms. The number of hydrogen-bond acceptors (Lipinski definition) is 7. The molecular formula is C24H24N4O3S. The number of anilines is 1. The fraction of sp³-hybridized carbons (Fsp3) is 0.292. The van der Waals surface area contributed by atoms with Gasteiger partial charge in [-0.05, 0) is 36.1 Å². The third-order valence-electron chi connectivity index (χ3n) is 5.78. The molecule has 8 heteroatoms. The van der Waals surface area contributed by atoms with Gasteiger partial charge in [0.15, 0.2) is 17.3 Å². The van der Waals surface area contributed by atoms with Crippen molar-refractivity contribution in [3.63, 3.8) is 0 Å². The summed E-state index contributed by atoms with van der Waals surface area (Å²) in [5.74, 6) is 2.85. The zero-order chi connectivity index (χ0) is 22.1. The van der Waals surface area contributed by atoms with Crippen LogP contribution in [-0.4, -0.2) is 34.8 Å². The van der Waals surface area contributed by atoms with Gasteiger partial charge >= 0.3 is 0 Å². The van der Waals surface area contributed by atoms with Gasteiger partial charge in [0, 0.05) is 23.4 Å². The number of carbonyl (C=O) groups is 1. The summed E-state index contributed by atoms with van der Waals surface area (Å²) in [5.41, 5.74) is 3.83. The number of ether oxygens (including phenoxy) is 2. The molecule has 2 aromatic carbocycles. The number of ketones is 1. The lowest BCUT2D eigenvalue weighted by Gasteiger charge is -2.32. The minimum absolute atomic E-state index is 0.151. The SMILES string of the molecule is COc1ccc(C2C3=C(CCCC3=O)Nc3nc(SCc4ccccc4)nn32)cc1OC. The summed E-state index contributed by atoms with van der Waals surface area (Å²) in [6.45, 7) is 0. The average molecular weight is 449 g/mol. The van der Waals surface area contributed by atoms with Crippen molar-refractivity contribution in [2.24, 2.45) is 0 Å². The lowest BCUT2D eigenvalue weighted by molar-refractivity contribution is -0.116. The van der Waals surface area contributed by atoms with E-state index < -0.39 is 0 Å². The van der Waals surface area contributed by atoms with Gasteiger partial charge in [0.25, 0.3) is 0 Å². The maximum atomic E-state index is 13.0. The smallest absolute Gasteiger partial charge is 0.227 e. The van der Waals surface area contributed by atoms with Gasteiger partial charge in [-0.2, -0.15) is 4.98 Å². The van der Waals surface area contributed by atoms with E-state index in [0.29, 0.717) is 29.0 Å². The van der Waals surface area contributed by atoms with Crippen LogP contribution >= 0.6 is 11.8 Å². The minimum Gasteiger partial charge on any atom is -0.493 e. The second-order valence-electron chi connectivity index (χ2n) is 7.75. The van der Waals surface area contributed by atoms with E-state index in [1.165, 1.54) is 5.56 Å². The molecule has 0 saturated carbocycles. The Balaban J connectivity index is 1.54. The summed E-state index contributed by atoms with van der Waals surface area (Å²) in [4.78, 5) is 17.7. The first-order chi connectivity index (χ1) is 15.7. The lowest BCUT2D eigenvalue weighted by Crippen LogP contribution is -2.31. The van der Waals surface area contributed by atoms with Crippen molar-refractivity contribution in [2.75, 3.05) is 19.5 Å². The quantitative estimate of drug-likeness (QED) is 0.552. The van der Waals surface area contributed by atoms with Crippen LogP contribution in [-0.2, 0) is 10.5 Å². The first kappa shape index (κ1) is 20.6. The zero-order valence-electron chi connectivity index (χ0n) is 18.0. The Bertz CT molecular complexity index is 1190. The van der Waals surface area contributed by atoms with Crippen molar-refractivity contribution in [3.8, 4) is 11.5 Å². The normalized spacial score (nSPS) is 17.4. The summed E-state index contributed by atoms with van der Waals surface area (Å²) in [6, 6.07) is 15.6. The number of hydrogen-bond donors (Lipinski definition) is 1. The molecule has 0 saturated heterocycles. The molecule has 3 aromatic rings. The maximum absolute atomic E-state index is 13.0. The molecule has 32 heavy (non-hydrogen) atoms. The standard InChI is InChI=1S/C24H24N4O3S/c1-30-19-12-11-16(13-20(19)31-2)22-21-17(9-6-10-18(21)29)25-23-26-24(27-28(22)23)32-14-15-7-4-3-5-8-15/h3-5,7-8,11-13,22H,6,9-10,14H2,1-2H3,(H,25,26,27). The van der Waals surface area contributed by atoms with E-state index in [9.17, 15) is 4.79 Å². The van der Waals surface area contributed by atoms with Gasteiger partial charge in [-0.25, -0.2) is 4.68 Å². The first-order valence-electron chi connectivity index (χ1n) is 10.6. The van der Waals surface area contributed by atoms with Crippen LogP contribution in [0.25, 0.3) is 0 Å². The lowest BCUT2D eigenvalue weighted by atomic mass is 9.85. The van der Waals surface area contributed by atoms with Crippen LogP contribution in [0.3, 0.4) is 0 Å². The number of aromatic nitrogens is 3. The molecule has 0 fully saturated rings. The van der Waals surface area contributed by atoms with Crippen LogP contribution in [0.1, 0.15) is 36.4 Å². The van der Waals surface area contributed by atoms with Crippen LogP contribution in [0.4, 0.5) is 5.95 Å². The second kappa shape index (κ2) is 8.70. The van der Waals surface area contributed by atoms with Gasteiger partial charge in [0.2, 0.25) is 11.1 Å². The molecule has 0 bridgehead atoms. The van der Waals surface area contributed by atoms with Gasteiger partial charge in [-0.1, -0.05) is 48.2 Å². The highest BCUT2D eigenvalue weighted by Crippen LogP contribution is 2.42. The van der Waals surface area contributed by atoms with Crippen molar-refractivity contribution < 1.29 is 14.3 Å². The Morgan fingerprint density at radius 1 is 1.09 bits per heavy atom. The molecule has 5 rings (SSSR count). The van der Waals surface area contributed by atoms with Gasteiger partial charge < -0.3 is 14.8 Å². The third-order valence-corrected chi connectivity index (χ3v) is 6.69. The minimum atomic E-state index is -0.354. The maximum Gasteiger partial charge on any atom is 0.227 e. The van der Waals surface area contributed by atoms with Crippen molar-refractivity contribution in [3.05, 3.63) is 70.9 Å². The van der Waals surface area contributed by atoms with Crippen LogP contribution < -0.4 is 14.8 Å². The summed E-state index contributed by atoms with van der Waals surface area (Å²) in [7, 11) is 3.22. The molecular weight excluding hydrogens is 424 g/mol. The molecule has 1 atom stereocenters. The van der Waals surface area contributed by atoms with Gasteiger partial charge in [0.05, 0.1) is 14.2 Å². The molecule has 1 aliphatic carbocycles. The summed E-state index contributed by atoms with van der Waals surface area (Å²) in [6.07, 6.45) is 2.21. The Morgan fingerprint density at radius 2 is 1.91 bits per heavy atom. The van der Waals surface area contributed by atoms with Gasteiger partial charge in [-0.3, -0.25) is 4.79 Å². The predicted octanol–water partition coefficient (Wildman–Crippen LogP) is 4.61. The van der Waals surface area contributed by atoms with Crippen molar-refractivity contribution in [1.29, 1.82) is 0 Å². The van der Waals surface area contributed by atoms with Crippen molar-refractivity contribution >= 4 is 23.5 Å². The predicted molar refractivity (Wildman–Crippen MR) is 123 cm³/mol. The van der Waals surface area contributed by atoms with E-state index in [0.717, 1.165) is 35.4 Å². The van der Waals surface area contributed by atoms with E-state index in [4.69, 9.17) is 19.6 Å². The van der Waals surface area contributed by atoms with Crippen molar-refractivity contribution in [2.45, 2.75) is 36.2 Å². The molecule has 0 radical (unpaired) electrons. The molecule has 164 valence electrons. The zero-order valence-corrected chi connectivity index (χ0v) is 18.8. The Kier molecular flexibility index (Phi) is 5.61. The van der Waals surface area contributed by atoms with Crippen LogP contribution in [0, 0.1) is 0 Å². The molecule has 7 nitrogen and oxygen atoms in total. The molecule has 1 unspecified atom stereocenters. The van der Waals surface area contributed by atoms with Gasteiger partial charge in [-0.15, -0.1) is 5.10 Å². The molecule has 1 aliphatic heterocycles. The molecule has 1 aromatic heterocycles. The fourth-order valence-electron chi connectivity index (χ4n) is 4.25. The third kappa shape index (κ3) is 3.75. The van der Waals surface area contributed by atoms with E-state index in [2.05, 4.69) is 17.4 Å². The van der Waals surface area contributed by atoms with E-state index in [1.54, 1.807) is 26.0 Å². The Hall–Kier alpha value is -3.26. The summed E-state index contributed by atoms with van der Waals surface area (Å²) >= 11 is 1.58. The number of benzene rings is 2. The van der Waals surface area contributed by atoms with Crippen LogP contribution in [0.2, 0.25) is 0 Å². The molecule has 1 N–H and O–H groups in total. The summed E-state index contributed by atoms with van der Waals surface area (Å²) in [5, 5.41) is 8.85. The number of Topliss-reactive ketones (excluding diaryl/α,β-unsaturated/α-hetero) is 1. The Morgan fingerprint density at radius 3 is 2.69 bits per heavy atom. The topological polar surface area (TPSA) is 78.3 Å². The second-order valence-corrected chi connectivity index (χ2v) is 8.69. The highest BCUT2D eigenvalue weighted by Gasteiger charge is 2.37. The number of rotatable bonds is 6. The number of nitrogens with zero attached hydrogens (tertiary/aromatic N) is 3. The van der Waals surface area contributed by atoms with Crippen LogP contribution in [0.15, 0.2) is 65.0 Å². The number of nitrogens with one attached hydrogen (secondary N) is 1. The number of carbonyl (C=O) groups excluding carboxylic acids is 1. The molecule has 0 amide bonds. The Labute approximate surface area is 190 Å². The monoisotopic (exact) mass is 448 g/mol. The number of allylic oxidation sites excluding steroid dienone is 2. The number of fused-ring (bicyclic) bond motifs is 1. The largest absolute Gasteiger partial charge is 0.493 e. The van der Waals surface area contributed by atoms with E-state index >= 15 is 0 Å². The van der Waals surface area contributed by atoms with E-state index in [1.807, 2.05) is 41.1 Å². The average Bonchev–Trinajstić information content (AvgIpc) is 3.24. The fourth-order valence-corrected chi connectivity index (χ4v) is 5.04. The van der Waals surface area contributed by atoms with E-state index in [-0.39, 0.29) is 11.8 Å². The first-order valence-corrected chi connectivity index (χ1v) is 11.5. The van der Waals surface area contributed by atoms with Gasteiger partial charge in [0.1, 0.15) is 6.04 Å². The highest BCUT2D eigenvalue weighted by molar-refractivity contribution is 7.98.